The van der Waals surface area contributed by atoms with Crippen molar-refractivity contribution in [2.45, 2.75) is 6.92 Å². The van der Waals surface area contributed by atoms with Gasteiger partial charge in [0.25, 0.3) is 11.8 Å². The van der Waals surface area contributed by atoms with Gasteiger partial charge in [0.2, 0.25) is 0 Å². The second-order valence-corrected chi connectivity index (χ2v) is 6.25. The monoisotopic (exact) mass is 374 g/mol. The molecule has 0 fully saturated rings. The Morgan fingerprint density at radius 1 is 0.857 bits per heavy atom. The summed E-state index contributed by atoms with van der Waals surface area (Å²) in [5.74, 6) is -1.26. The number of benzene rings is 3. The zero-order valence-corrected chi connectivity index (χ0v) is 15.3. The Hall–Kier alpha value is -3.73. The quantitative estimate of drug-likeness (QED) is 0.644. The molecule has 0 unspecified atom stereocenters. The molecule has 3 aromatic carbocycles. The molecule has 0 aliphatic carbocycles. The standard InChI is InChI=1S/C23H19FN2O2/c1-16-7-13-20(14-8-16)25-23(28)21(15-17-9-11-19(24)12-10-17)26-22(27)18-5-3-2-4-6-18/h2-15H,1H3,(H,25,28)(H,26,27)/b21-15+. The Labute approximate surface area is 162 Å². The molecular formula is C23H19FN2O2. The first-order valence-corrected chi connectivity index (χ1v) is 8.73. The lowest BCUT2D eigenvalue weighted by Crippen LogP contribution is -2.30. The van der Waals surface area contributed by atoms with Crippen molar-refractivity contribution < 1.29 is 14.0 Å². The third-order valence-electron chi connectivity index (χ3n) is 4.02. The van der Waals surface area contributed by atoms with E-state index in [1.807, 2.05) is 19.1 Å². The molecule has 3 rings (SSSR count). The molecular weight excluding hydrogens is 355 g/mol. The van der Waals surface area contributed by atoms with Gasteiger partial charge in [-0.1, -0.05) is 48.0 Å². The van der Waals surface area contributed by atoms with Crippen LogP contribution in [0.1, 0.15) is 21.5 Å². The van der Waals surface area contributed by atoms with E-state index in [9.17, 15) is 14.0 Å². The van der Waals surface area contributed by atoms with Crippen molar-refractivity contribution >= 4 is 23.6 Å². The molecule has 0 saturated heterocycles. The van der Waals surface area contributed by atoms with E-state index < -0.39 is 11.8 Å². The molecule has 0 bridgehead atoms. The maximum Gasteiger partial charge on any atom is 0.272 e. The van der Waals surface area contributed by atoms with E-state index in [1.165, 1.54) is 30.3 Å². The van der Waals surface area contributed by atoms with Crippen LogP contribution >= 0.6 is 0 Å². The number of nitrogens with one attached hydrogen (secondary N) is 2. The van der Waals surface area contributed by atoms with Gasteiger partial charge in [0, 0.05) is 11.3 Å². The first kappa shape index (κ1) is 19.0. The van der Waals surface area contributed by atoms with Gasteiger partial charge in [-0.2, -0.15) is 0 Å². The Balaban J connectivity index is 1.86. The smallest absolute Gasteiger partial charge is 0.272 e. The predicted molar refractivity (Wildman–Crippen MR) is 108 cm³/mol. The SMILES string of the molecule is Cc1ccc(NC(=O)/C(=C\c2ccc(F)cc2)NC(=O)c2ccccc2)cc1. The summed E-state index contributed by atoms with van der Waals surface area (Å²) >= 11 is 0. The number of halogens is 1. The van der Waals surface area contributed by atoms with E-state index in [1.54, 1.807) is 42.5 Å². The fourth-order valence-corrected chi connectivity index (χ4v) is 2.50. The van der Waals surface area contributed by atoms with Crippen molar-refractivity contribution in [1.29, 1.82) is 0 Å². The van der Waals surface area contributed by atoms with Gasteiger partial charge in [0.05, 0.1) is 0 Å². The molecule has 140 valence electrons. The summed E-state index contributed by atoms with van der Waals surface area (Å²) < 4.78 is 13.2. The van der Waals surface area contributed by atoms with Crippen molar-refractivity contribution in [1.82, 2.24) is 5.32 Å². The topological polar surface area (TPSA) is 58.2 Å². The molecule has 2 amide bonds. The van der Waals surface area contributed by atoms with Crippen LogP contribution in [-0.4, -0.2) is 11.8 Å². The zero-order chi connectivity index (χ0) is 19.9. The van der Waals surface area contributed by atoms with Gasteiger partial charge in [-0.15, -0.1) is 0 Å². The molecule has 0 aliphatic heterocycles. The number of hydrogen-bond donors (Lipinski definition) is 2. The summed E-state index contributed by atoms with van der Waals surface area (Å²) in [6.45, 7) is 1.95. The normalized spacial score (nSPS) is 11.0. The first-order valence-electron chi connectivity index (χ1n) is 8.73. The van der Waals surface area contributed by atoms with Crippen molar-refractivity contribution in [2.24, 2.45) is 0 Å². The van der Waals surface area contributed by atoms with E-state index in [2.05, 4.69) is 10.6 Å². The minimum atomic E-state index is -0.475. The lowest BCUT2D eigenvalue weighted by molar-refractivity contribution is -0.113. The van der Waals surface area contributed by atoms with E-state index in [0.29, 0.717) is 16.8 Å². The molecule has 2 N–H and O–H groups in total. The number of hydrogen-bond acceptors (Lipinski definition) is 2. The third kappa shape index (κ3) is 5.14. The second-order valence-electron chi connectivity index (χ2n) is 6.25. The fourth-order valence-electron chi connectivity index (χ4n) is 2.50. The molecule has 4 nitrogen and oxygen atoms in total. The van der Waals surface area contributed by atoms with Crippen LogP contribution in [0.2, 0.25) is 0 Å². The van der Waals surface area contributed by atoms with Crippen LogP contribution in [0.3, 0.4) is 0 Å². The molecule has 0 saturated carbocycles. The molecule has 0 aromatic heterocycles. The summed E-state index contributed by atoms with van der Waals surface area (Å²) in [5, 5.41) is 5.41. The van der Waals surface area contributed by atoms with Gasteiger partial charge < -0.3 is 10.6 Å². The molecule has 0 heterocycles. The lowest BCUT2D eigenvalue weighted by atomic mass is 10.1. The van der Waals surface area contributed by atoms with Crippen LogP contribution in [0.4, 0.5) is 10.1 Å². The summed E-state index contributed by atoms with van der Waals surface area (Å²) in [6, 6.07) is 21.6. The van der Waals surface area contributed by atoms with Gasteiger partial charge in [0.15, 0.2) is 0 Å². The maximum atomic E-state index is 13.2. The number of aryl methyl sites for hydroxylation is 1. The van der Waals surface area contributed by atoms with Crippen molar-refractivity contribution in [3.63, 3.8) is 0 Å². The number of rotatable bonds is 5. The van der Waals surface area contributed by atoms with Gasteiger partial charge in [-0.05, 0) is 55.0 Å². The molecule has 28 heavy (non-hydrogen) atoms. The van der Waals surface area contributed by atoms with Gasteiger partial charge in [0.1, 0.15) is 11.5 Å². The lowest BCUT2D eigenvalue weighted by Gasteiger charge is -2.11. The van der Waals surface area contributed by atoms with Gasteiger partial charge in [-0.25, -0.2) is 4.39 Å². The summed E-state index contributed by atoms with van der Waals surface area (Å²) in [7, 11) is 0. The summed E-state index contributed by atoms with van der Waals surface area (Å²) in [4.78, 5) is 25.3. The minimum Gasteiger partial charge on any atom is -0.321 e. The highest BCUT2D eigenvalue weighted by atomic mass is 19.1. The number of anilines is 1. The third-order valence-corrected chi connectivity index (χ3v) is 4.02. The largest absolute Gasteiger partial charge is 0.321 e. The molecule has 0 radical (unpaired) electrons. The number of amides is 2. The Kier molecular flexibility index (Phi) is 5.97. The van der Waals surface area contributed by atoms with Crippen LogP contribution in [0.25, 0.3) is 6.08 Å². The van der Waals surface area contributed by atoms with E-state index in [4.69, 9.17) is 0 Å². The summed E-state index contributed by atoms with van der Waals surface area (Å²) in [5.41, 5.74) is 2.74. The van der Waals surface area contributed by atoms with Crippen LogP contribution in [0, 0.1) is 12.7 Å². The highest BCUT2D eigenvalue weighted by Crippen LogP contribution is 2.13. The Bertz CT molecular complexity index is 995. The van der Waals surface area contributed by atoms with Crippen molar-refractivity contribution in [2.75, 3.05) is 5.32 Å². The first-order chi connectivity index (χ1) is 13.5. The van der Waals surface area contributed by atoms with E-state index in [0.717, 1.165) is 5.56 Å². The van der Waals surface area contributed by atoms with Crippen LogP contribution < -0.4 is 10.6 Å². The van der Waals surface area contributed by atoms with Crippen LogP contribution in [0.5, 0.6) is 0 Å². The predicted octanol–water partition coefficient (Wildman–Crippen LogP) is 4.54. The molecule has 0 atom stereocenters. The molecule has 3 aromatic rings. The summed E-state index contributed by atoms with van der Waals surface area (Å²) in [6.07, 6.45) is 1.50. The molecule has 0 spiro atoms. The van der Waals surface area contributed by atoms with E-state index >= 15 is 0 Å². The fraction of sp³-hybridized carbons (Fsp3) is 0.0435. The molecule has 5 heteroatoms. The van der Waals surface area contributed by atoms with Crippen LogP contribution in [-0.2, 0) is 4.79 Å². The minimum absolute atomic E-state index is 0.0565. The van der Waals surface area contributed by atoms with Gasteiger partial charge in [-0.3, -0.25) is 9.59 Å². The average molecular weight is 374 g/mol. The van der Waals surface area contributed by atoms with Crippen LogP contribution in [0.15, 0.2) is 84.6 Å². The highest BCUT2D eigenvalue weighted by Gasteiger charge is 2.15. The van der Waals surface area contributed by atoms with Crippen molar-refractivity contribution in [3.05, 3.63) is 107 Å². The van der Waals surface area contributed by atoms with Crippen molar-refractivity contribution in [3.8, 4) is 0 Å². The van der Waals surface area contributed by atoms with E-state index in [-0.39, 0.29) is 11.5 Å². The Morgan fingerprint density at radius 2 is 1.50 bits per heavy atom. The highest BCUT2D eigenvalue weighted by molar-refractivity contribution is 6.10. The maximum absolute atomic E-state index is 13.2. The number of carbonyl (C=O) groups is 2. The zero-order valence-electron chi connectivity index (χ0n) is 15.3. The van der Waals surface area contributed by atoms with Gasteiger partial charge >= 0.3 is 0 Å². The average Bonchev–Trinajstić information content (AvgIpc) is 2.71. The Morgan fingerprint density at radius 3 is 2.14 bits per heavy atom. The second kappa shape index (κ2) is 8.77. The number of carbonyl (C=O) groups excluding carboxylic acids is 2. The molecule has 0 aliphatic rings.